The summed E-state index contributed by atoms with van der Waals surface area (Å²) in [6, 6.07) is 14.1. The van der Waals surface area contributed by atoms with Gasteiger partial charge in [0.1, 0.15) is 12.4 Å². The van der Waals surface area contributed by atoms with Gasteiger partial charge in [-0.15, -0.1) is 0 Å². The van der Waals surface area contributed by atoms with Gasteiger partial charge in [-0.05, 0) is 54.8 Å². The largest absolute Gasteiger partial charge is 0.477 e. The molecule has 4 rings (SSSR count). The van der Waals surface area contributed by atoms with Gasteiger partial charge in [-0.2, -0.15) is 18.2 Å². The molecule has 0 radical (unpaired) electrons. The highest BCUT2D eigenvalue weighted by molar-refractivity contribution is 5.74. The van der Waals surface area contributed by atoms with Crippen LogP contribution >= 0.6 is 0 Å². The van der Waals surface area contributed by atoms with Gasteiger partial charge in [0.15, 0.2) is 6.04 Å². The van der Waals surface area contributed by atoms with Crippen LogP contribution in [0.1, 0.15) is 23.6 Å². The molecule has 0 bridgehead atoms. The quantitative estimate of drug-likeness (QED) is 0.339. The van der Waals surface area contributed by atoms with Crippen LogP contribution in [0.4, 0.5) is 17.6 Å². The summed E-state index contributed by atoms with van der Waals surface area (Å²) in [5, 5.41) is 12.9. The highest BCUT2D eigenvalue weighted by atomic mass is 19.4. The number of benzene rings is 3. The number of carboxylic acid groups (broad SMARTS) is 1. The average Bonchev–Trinajstić information content (AvgIpc) is 3.34. The lowest BCUT2D eigenvalue weighted by Crippen LogP contribution is -3.12. The predicted octanol–water partition coefficient (Wildman–Crippen LogP) is 5.02. The van der Waals surface area contributed by atoms with Gasteiger partial charge in [-0.3, -0.25) is 0 Å². The summed E-state index contributed by atoms with van der Waals surface area (Å²) in [5.41, 5.74) is 1.03. The van der Waals surface area contributed by atoms with E-state index in [0.29, 0.717) is 21.6 Å². The zero-order valence-electron chi connectivity index (χ0n) is 20.2. The smallest absolute Gasteiger partial charge is 0.417 e. The standard InChI is InChI=1S/C27H23F4N3O3/c1-15-6-4-5-7-20(15)21-11-10-18(12-22(21)27(29,30)31)25-32-24(33-37-25)17-8-9-19(23(28)13-17)14-34(3)16(2)26(35)36/h4-13,16H,14H2,1-3H3,(H,35,36)/p+1. The molecule has 0 aliphatic heterocycles. The summed E-state index contributed by atoms with van der Waals surface area (Å²) in [5.74, 6) is -1.70. The molecular formula is C27H24F4N3O3+. The molecule has 1 aromatic heterocycles. The number of carbonyl (C=O) groups is 1. The van der Waals surface area contributed by atoms with Crippen LogP contribution in [0.2, 0.25) is 0 Å². The first-order valence-electron chi connectivity index (χ1n) is 11.4. The Morgan fingerprint density at radius 3 is 2.41 bits per heavy atom. The van der Waals surface area contributed by atoms with E-state index in [0.717, 1.165) is 6.07 Å². The molecule has 0 amide bonds. The number of quaternary nitrogens is 1. The second kappa shape index (κ2) is 10.1. The third kappa shape index (κ3) is 5.54. The van der Waals surface area contributed by atoms with Gasteiger partial charge in [0.25, 0.3) is 5.89 Å². The van der Waals surface area contributed by atoms with E-state index in [4.69, 9.17) is 9.63 Å². The maximum Gasteiger partial charge on any atom is 0.417 e. The molecule has 0 saturated heterocycles. The maximum atomic E-state index is 14.7. The average molecular weight is 514 g/mol. The van der Waals surface area contributed by atoms with Gasteiger partial charge in [0.05, 0.1) is 12.6 Å². The molecule has 4 aromatic rings. The Bertz CT molecular complexity index is 1450. The highest BCUT2D eigenvalue weighted by Crippen LogP contribution is 2.40. The van der Waals surface area contributed by atoms with Crippen LogP contribution in [0, 0.1) is 12.7 Å². The molecule has 37 heavy (non-hydrogen) atoms. The monoisotopic (exact) mass is 514 g/mol. The Morgan fingerprint density at radius 1 is 1.05 bits per heavy atom. The second-order valence-corrected chi connectivity index (χ2v) is 8.89. The number of nitrogens with zero attached hydrogens (tertiary/aromatic N) is 2. The molecule has 10 heteroatoms. The molecule has 2 atom stereocenters. The van der Waals surface area contributed by atoms with E-state index in [-0.39, 0.29) is 35.0 Å². The summed E-state index contributed by atoms with van der Waals surface area (Å²) in [6.07, 6.45) is -4.62. The Morgan fingerprint density at radius 2 is 1.76 bits per heavy atom. The summed E-state index contributed by atoms with van der Waals surface area (Å²) in [4.78, 5) is 15.9. The molecule has 6 nitrogen and oxygen atoms in total. The number of hydrogen-bond acceptors (Lipinski definition) is 4. The first-order chi connectivity index (χ1) is 17.5. The zero-order chi connectivity index (χ0) is 26.9. The SMILES string of the molecule is Cc1ccccc1-c1ccc(-c2nc(-c3ccc(C[NH+](C)C(C)C(=O)O)c(F)c3)no2)cc1C(F)(F)F. The number of alkyl halides is 3. The number of aromatic nitrogens is 2. The van der Waals surface area contributed by atoms with Gasteiger partial charge in [-0.1, -0.05) is 41.6 Å². The van der Waals surface area contributed by atoms with Crippen molar-refractivity contribution in [1.29, 1.82) is 0 Å². The number of rotatable bonds is 7. The number of nitrogens with one attached hydrogen (secondary N) is 1. The number of carboxylic acids is 1. The molecule has 2 N–H and O–H groups in total. The van der Waals surface area contributed by atoms with E-state index in [1.54, 1.807) is 44.3 Å². The van der Waals surface area contributed by atoms with Crippen LogP contribution < -0.4 is 4.90 Å². The topological polar surface area (TPSA) is 80.7 Å². The van der Waals surface area contributed by atoms with E-state index in [1.165, 1.54) is 31.2 Å². The fraction of sp³-hybridized carbons (Fsp3) is 0.222. The number of halogens is 4. The van der Waals surface area contributed by atoms with Crippen molar-refractivity contribution in [3.05, 3.63) is 83.2 Å². The molecular weight excluding hydrogens is 490 g/mol. The van der Waals surface area contributed by atoms with Crippen molar-refractivity contribution in [2.75, 3.05) is 7.05 Å². The first-order valence-corrected chi connectivity index (χ1v) is 11.4. The van der Waals surface area contributed by atoms with Crippen molar-refractivity contribution < 1.29 is 36.9 Å². The van der Waals surface area contributed by atoms with Crippen molar-refractivity contribution in [1.82, 2.24) is 10.1 Å². The van der Waals surface area contributed by atoms with E-state index < -0.39 is 29.6 Å². The Labute approximate surface area is 210 Å². The molecule has 2 unspecified atom stereocenters. The Kier molecular flexibility index (Phi) is 7.13. The lowest BCUT2D eigenvalue weighted by molar-refractivity contribution is -0.909. The predicted molar refractivity (Wildman–Crippen MR) is 128 cm³/mol. The lowest BCUT2D eigenvalue weighted by atomic mass is 9.94. The van der Waals surface area contributed by atoms with Crippen molar-refractivity contribution in [3.63, 3.8) is 0 Å². The van der Waals surface area contributed by atoms with E-state index in [9.17, 15) is 22.4 Å². The van der Waals surface area contributed by atoms with Crippen molar-refractivity contribution >= 4 is 5.97 Å². The van der Waals surface area contributed by atoms with Gasteiger partial charge >= 0.3 is 12.1 Å². The van der Waals surface area contributed by atoms with E-state index in [2.05, 4.69) is 10.1 Å². The summed E-state index contributed by atoms with van der Waals surface area (Å²) < 4.78 is 61.8. The van der Waals surface area contributed by atoms with Gasteiger partial charge in [0, 0.05) is 16.7 Å². The van der Waals surface area contributed by atoms with Crippen LogP contribution in [0.5, 0.6) is 0 Å². The molecule has 0 fully saturated rings. The molecule has 192 valence electrons. The highest BCUT2D eigenvalue weighted by Gasteiger charge is 2.35. The normalized spacial score (nSPS) is 13.4. The van der Waals surface area contributed by atoms with Crippen molar-refractivity contribution in [2.45, 2.75) is 32.6 Å². The van der Waals surface area contributed by atoms with Gasteiger partial charge in [-0.25, -0.2) is 9.18 Å². The third-order valence-corrected chi connectivity index (χ3v) is 6.32. The molecule has 0 spiro atoms. The number of likely N-dealkylation sites (N-methyl/N-ethyl adjacent to an activating group) is 1. The van der Waals surface area contributed by atoms with Crippen LogP contribution in [0.3, 0.4) is 0 Å². The second-order valence-electron chi connectivity index (χ2n) is 8.89. The minimum absolute atomic E-state index is 0.0107. The Balaban J connectivity index is 1.64. The Hall–Kier alpha value is -4.05. The van der Waals surface area contributed by atoms with Crippen molar-refractivity contribution in [3.8, 4) is 34.0 Å². The number of aryl methyl sites for hydroxylation is 1. The summed E-state index contributed by atoms with van der Waals surface area (Å²) >= 11 is 0. The van der Waals surface area contributed by atoms with Crippen molar-refractivity contribution in [2.24, 2.45) is 0 Å². The fourth-order valence-electron chi connectivity index (χ4n) is 3.97. The number of aliphatic carboxylic acids is 1. The lowest BCUT2D eigenvalue weighted by Gasteiger charge is -2.18. The van der Waals surface area contributed by atoms with Crippen LogP contribution in [0.15, 0.2) is 65.2 Å². The molecule has 0 aliphatic carbocycles. The number of hydrogen-bond donors (Lipinski definition) is 2. The summed E-state index contributed by atoms with van der Waals surface area (Å²) in [7, 11) is 1.65. The minimum Gasteiger partial charge on any atom is -0.477 e. The van der Waals surface area contributed by atoms with Gasteiger partial charge < -0.3 is 14.5 Å². The fourth-order valence-corrected chi connectivity index (χ4v) is 3.97. The van der Waals surface area contributed by atoms with Crippen LogP contribution in [-0.4, -0.2) is 34.3 Å². The van der Waals surface area contributed by atoms with Crippen LogP contribution in [-0.2, 0) is 17.5 Å². The first kappa shape index (κ1) is 26.0. The third-order valence-electron chi connectivity index (χ3n) is 6.32. The molecule has 3 aromatic carbocycles. The molecule has 0 saturated carbocycles. The molecule has 1 heterocycles. The van der Waals surface area contributed by atoms with E-state index >= 15 is 0 Å². The van der Waals surface area contributed by atoms with E-state index in [1.807, 2.05) is 0 Å². The van der Waals surface area contributed by atoms with Crippen LogP contribution in [0.25, 0.3) is 34.0 Å². The minimum atomic E-state index is -4.62. The molecule has 0 aliphatic rings. The van der Waals surface area contributed by atoms with Gasteiger partial charge in [0.2, 0.25) is 5.82 Å². The maximum absolute atomic E-state index is 14.7. The zero-order valence-corrected chi connectivity index (χ0v) is 20.2. The summed E-state index contributed by atoms with van der Waals surface area (Å²) in [6.45, 7) is 3.41.